The van der Waals surface area contributed by atoms with Gasteiger partial charge in [0.05, 0.1) is 19.6 Å². The summed E-state index contributed by atoms with van der Waals surface area (Å²) >= 11 is 0. The normalized spacial score (nSPS) is 13.0. The minimum atomic E-state index is -1.23. The second-order valence-corrected chi connectivity index (χ2v) is 6.44. The molecule has 0 saturated carbocycles. The van der Waals surface area contributed by atoms with Crippen molar-refractivity contribution in [2.75, 3.05) is 13.2 Å². The quantitative estimate of drug-likeness (QED) is 0.317. The number of aliphatic hydroxyl groups excluding tert-OH is 1. The fourth-order valence-corrected chi connectivity index (χ4v) is 2.88. The predicted molar refractivity (Wildman–Crippen MR) is 106 cm³/mol. The Labute approximate surface area is 166 Å². The van der Waals surface area contributed by atoms with Crippen molar-refractivity contribution in [1.29, 1.82) is 0 Å². The van der Waals surface area contributed by atoms with Crippen molar-refractivity contribution in [3.05, 3.63) is 81.2 Å². The molecule has 29 heavy (non-hydrogen) atoms. The molecule has 2 atom stereocenters. The highest BCUT2D eigenvalue weighted by Gasteiger charge is 2.29. The van der Waals surface area contributed by atoms with Crippen LogP contribution in [0.15, 0.2) is 69.9 Å². The van der Waals surface area contributed by atoms with Gasteiger partial charge in [0, 0.05) is 16.7 Å². The second kappa shape index (κ2) is 9.70. The van der Waals surface area contributed by atoms with Gasteiger partial charge in [0.15, 0.2) is 0 Å². The molecular formula is C21H21NO7. The van der Waals surface area contributed by atoms with Crippen molar-refractivity contribution in [2.45, 2.75) is 25.0 Å². The number of fused-ring (bicyclic) bond motifs is 1. The lowest BCUT2D eigenvalue weighted by molar-refractivity contribution is -0.535. The van der Waals surface area contributed by atoms with Crippen molar-refractivity contribution < 1.29 is 23.9 Å². The summed E-state index contributed by atoms with van der Waals surface area (Å²) in [6, 6.07) is 16.3. The molecule has 1 heterocycles. The van der Waals surface area contributed by atoms with Crippen LogP contribution in [0.25, 0.3) is 11.0 Å². The van der Waals surface area contributed by atoms with Gasteiger partial charge < -0.3 is 19.0 Å². The molecule has 0 bridgehead atoms. The van der Waals surface area contributed by atoms with Gasteiger partial charge in [0.2, 0.25) is 11.8 Å². The summed E-state index contributed by atoms with van der Waals surface area (Å²) in [5.74, 6) is 0.608. The summed E-state index contributed by atoms with van der Waals surface area (Å²) in [6.45, 7) is 0.0377. The fraction of sp³-hybridized carbons (Fsp3) is 0.286. The number of ether oxygens (including phenoxy) is 2. The molecular weight excluding hydrogens is 378 g/mol. The Bertz CT molecular complexity index is 1000. The maximum atomic E-state index is 12.0. The van der Waals surface area contributed by atoms with Gasteiger partial charge in [-0.15, -0.1) is 0 Å². The van der Waals surface area contributed by atoms with E-state index in [0.717, 1.165) is 0 Å². The van der Waals surface area contributed by atoms with Crippen molar-refractivity contribution in [1.82, 2.24) is 0 Å². The molecule has 8 heteroatoms. The summed E-state index contributed by atoms with van der Waals surface area (Å²) in [4.78, 5) is 22.7. The van der Waals surface area contributed by atoms with Crippen LogP contribution in [-0.2, 0) is 0 Å². The van der Waals surface area contributed by atoms with Crippen LogP contribution in [0.2, 0.25) is 0 Å². The number of benzene rings is 2. The van der Waals surface area contributed by atoms with Gasteiger partial charge in [0.25, 0.3) is 0 Å². The van der Waals surface area contributed by atoms with E-state index < -0.39 is 22.7 Å². The fourth-order valence-electron chi connectivity index (χ4n) is 2.88. The van der Waals surface area contributed by atoms with E-state index in [0.29, 0.717) is 16.7 Å². The van der Waals surface area contributed by atoms with Gasteiger partial charge in [-0.25, -0.2) is 4.79 Å². The lowest BCUT2D eigenvalue weighted by Gasteiger charge is -2.16. The van der Waals surface area contributed by atoms with Gasteiger partial charge in [-0.3, -0.25) is 10.1 Å². The van der Waals surface area contributed by atoms with Crippen molar-refractivity contribution >= 4 is 11.0 Å². The molecule has 152 valence electrons. The minimum absolute atomic E-state index is 0.0206. The predicted octanol–water partition coefficient (Wildman–Crippen LogP) is 3.04. The molecule has 2 unspecified atom stereocenters. The summed E-state index contributed by atoms with van der Waals surface area (Å²) in [5.41, 5.74) is -0.222. The minimum Gasteiger partial charge on any atom is -0.493 e. The number of aliphatic hydroxyl groups is 1. The third-order valence-electron chi connectivity index (χ3n) is 4.42. The lowest BCUT2D eigenvalue weighted by Crippen LogP contribution is -2.36. The molecule has 1 N–H and O–H groups in total. The highest BCUT2D eigenvalue weighted by Crippen LogP contribution is 2.17. The largest absolute Gasteiger partial charge is 0.493 e. The van der Waals surface area contributed by atoms with Crippen LogP contribution in [0.1, 0.15) is 12.8 Å². The molecule has 0 saturated heterocycles. The van der Waals surface area contributed by atoms with E-state index in [4.69, 9.17) is 13.9 Å². The molecule has 0 aliphatic carbocycles. The van der Waals surface area contributed by atoms with E-state index in [1.54, 1.807) is 36.4 Å². The van der Waals surface area contributed by atoms with E-state index in [-0.39, 0.29) is 31.8 Å². The zero-order valence-corrected chi connectivity index (χ0v) is 15.6. The van der Waals surface area contributed by atoms with Gasteiger partial charge in [0.1, 0.15) is 17.4 Å². The van der Waals surface area contributed by atoms with Crippen LogP contribution < -0.4 is 15.1 Å². The van der Waals surface area contributed by atoms with E-state index >= 15 is 0 Å². The molecule has 0 aliphatic rings. The number of nitro groups is 1. The lowest BCUT2D eigenvalue weighted by atomic mass is 10.1. The zero-order valence-electron chi connectivity index (χ0n) is 15.6. The van der Waals surface area contributed by atoms with Crippen molar-refractivity contribution in [2.24, 2.45) is 0 Å². The standard InChI is InChI=1S/C21H21NO7/c23-18(11-13-27-16-7-2-1-3-8-16)17(22(25)26)10-12-28-20-14-15-6-4-5-9-19(15)29-21(20)24/h1-9,14,17-18,23H,10-13H2. The molecule has 3 aromatic rings. The Hall–Kier alpha value is -3.39. The summed E-state index contributed by atoms with van der Waals surface area (Å²) < 4.78 is 16.0. The van der Waals surface area contributed by atoms with E-state index in [9.17, 15) is 20.0 Å². The molecule has 0 spiro atoms. The average Bonchev–Trinajstić information content (AvgIpc) is 2.71. The number of nitrogens with zero attached hydrogens (tertiary/aromatic N) is 1. The Morgan fingerprint density at radius 2 is 1.69 bits per heavy atom. The van der Waals surface area contributed by atoms with E-state index in [2.05, 4.69) is 0 Å². The Kier molecular flexibility index (Phi) is 6.80. The monoisotopic (exact) mass is 399 g/mol. The zero-order chi connectivity index (χ0) is 20.6. The SMILES string of the molecule is O=c1oc2ccccc2cc1OCCC(C(O)CCOc1ccccc1)[N+](=O)[O-]. The molecule has 0 amide bonds. The first kappa shape index (κ1) is 20.3. The van der Waals surface area contributed by atoms with Gasteiger partial charge in [-0.2, -0.15) is 0 Å². The van der Waals surface area contributed by atoms with Gasteiger partial charge in [-0.05, 0) is 24.3 Å². The van der Waals surface area contributed by atoms with Gasteiger partial charge >= 0.3 is 5.63 Å². The molecule has 0 radical (unpaired) electrons. The second-order valence-electron chi connectivity index (χ2n) is 6.44. The smallest absolute Gasteiger partial charge is 0.379 e. The van der Waals surface area contributed by atoms with E-state index in [1.165, 1.54) is 6.07 Å². The van der Waals surface area contributed by atoms with Gasteiger partial charge in [-0.1, -0.05) is 36.4 Å². The number of hydrogen-bond donors (Lipinski definition) is 1. The third-order valence-corrected chi connectivity index (χ3v) is 4.42. The van der Waals surface area contributed by atoms with Crippen LogP contribution in [0.5, 0.6) is 11.5 Å². The van der Waals surface area contributed by atoms with E-state index in [1.807, 2.05) is 18.2 Å². The summed E-state index contributed by atoms with van der Waals surface area (Å²) in [5, 5.41) is 22.2. The molecule has 3 rings (SSSR count). The molecule has 8 nitrogen and oxygen atoms in total. The topological polar surface area (TPSA) is 112 Å². The Balaban J connectivity index is 1.53. The van der Waals surface area contributed by atoms with Crippen LogP contribution in [0, 0.1) is 10.1 Å². The van der Waals surface area contributed by atoms with Crippen molar-refractivity contribution in [3.8, 4) is 11.5 Å². The first-order chi connectivity index (χ1) is 14.0. The van der Waals surface area contributed by atoms with Crippen LogP contribution in [0.3, 0.4) is 0 Å². The Morgan fingerprint density at radius 3 is 2.45 bits per heavy atom. The molecule has 1 aromatic heterocycles. The third kappa shape index (κ3) is 5.55. The van der Waals surface area contributed by atoms with Crippen LogP contribution in [0.4, 0.5) is 0 Å². The average molecular weight is 399 g/mol. The molecule has 0 fully saturated rings. The summed E-state index contributed by atoms with van der Waals surface area (Å²) in [7, 11) is 0. The first-order valence-corrected chi connectivity index (χ1v) is 9.19. The first-order valence-electron chi connectivity index (χ1n) is 9.19. The number of para-hydroxylation sites is 2. The number of rotatable bonds is 10. The van der Waals surface area contributed by atoms with Crippen LogP contribution in [-0.4, -0.2) is 35.4 Å². The van der Waals surface area contributed by atoms with Crippen LogP contribution >= 0.6 is 0 Å². The summed E-state index contributed by atoms with van der Waals surface area (Å²) in [6.07, 6.45) is -1.17. The highest BCUT2D eigenvalue weighted by atomic mass is 16.6. The van der Waals surface area contributed by atoms with Crippen molar-refractivity contribution in [3.63, 3.8) is 0 Å². The Morgan fingerprint density at radius 1 is 1.00 bits per heavy atom. The highest BCUT2D eigenvalue weighted by molar-refractivity contribution is 5.77. The molecule has 0 aliphatic heterocycles. The maximum absolute atomic E-state index is 12.0. The maximum Gasteiger partial charge on any atom is 0.379 e. The molecule has 2 aromatic carbocycles. The number of hydrogen-bond acceptors (Lipinski definition) is 7.